The number of carbonyl (C=O) groups is 1. The first kappa shape index (κ1) is 20.8. The van der Waals surface area contributed by atoms with Gasteiger partial charge in [0.1, 0.15) is 5.69 Å². The molecule has 1 saturated heterocycles. The summed E-state index contributed by atoms with van der Waals surface area (Å²) in [6.07, 6.45) is 2.24. The van der Waals surface area contributed by atoms with E-state index in [0.717, 1.165) is 23.7 Å². The van der Waals surface area contributed by atoms with Gasteiger partial charge in [0.05, 0.1) is 28.3 Å². The Bertz CT molecular complexity index is 961. The van der Waals surface area contributed by atoms with Crippen molar-refractivity contribution in [1.82, 2.24) is 20.0 Å². The lowest BCUT2D eigenvalue weighted by molar-refractivity contribution is -0.0778. The molecule has 0 bridgehead atoms. The van der Waals surface area contributed by atoms with Crippen molar-refractivity contribution < 1.29 is 9.53 Å². The molecular formula is C23H28N4O2S. The Morgan fingerprint density at radius 3 is 2.60 bits per heavy atom. The predicted octanol–water partition coefficient (Wildman–Crippen LogP) is 3.83. The normalized spacial score (nSPS) is 20.8. The number of ether oxygens (including phenoxy) is 1. The topological polar surface area (TPSA) is 59.4 Å². The summed E-state index contributed by atoms with van der Waals surface area (Å²) in [6, 6.07) is 14.1. The zero-order valence-electron chi connectivity index (χ0n) is 17.6. The van der Waals surface area contributed by atoms with Crippen molar-refractivity contribution in [3.05, 3.63) is 59.6 Å². The second-order valence-corrected chi connectivity index (χ2v) is 8.87. The molecule has 1 aromatic carbocycles. The van der Waals surface area contributed by atoms with Gasteiger partial charge in [0.2, 0.25) is 0 Å². The van der Waals surface area contributed by atoms with E-state index in [2.05, 4.69) is 31.0 Å². The van der Waals surface area contributed by atoms with Crippen LogP contribution in [-0.4, -0.2) is 58.5 Å². The summed E-state index contributed by atoms with van der Waals surface area (Å²) in [5, 5.41) is 9.84. The quantitative estimate of drug-likeness (QED) is 0.653. The number of aromatic nitrogens is 2. The molecule has 1 aliphatic rings. The molecule has 30 heavy (non-hydrogen) atoms. The van der Waals surface area contributed by atoms with Crippen LogP contribution in [0.15, 0.2) is 54.0 Å². The largest absolute Gasteiger partial charge is 0.373 e. The van der Waals surface area contributed by atoms with Gasteiger partial charge in [-0.3, -0.25) is 9.69 Å². The number of thiophene rings is 1. The average Bonchev–Trinajstić information content (AvgIpc) is 3.41. The minimum atomic E-state index is -0.0956. The molecule has 1 aliphatic heterocycles. The number of hydrogen-bond donors (Lipinski definition) is 1. The zero-order valence-corrected chi connectivity index (χ0v) is 18.4. The fraction of sp³-hybridized carbons (Fsp3) is 0.391. The Balaban J connectivity index is 1.51. The van der Waals surface area contributed by atoms with Gasteiger partial charge in [-0.15, -0.1) is 11.3 Å². The summed E-state index contributed by atoms with van der Waals surface area (Å²) in [4.78, 5) is 16.5. The van der Waals surface area contributed by atoms with Crippen molar-refractivity contribution in [2.24, 2.45) is 0 Å². The molecular weight excluding hydrogens is 396 g/mol. The smallest absolute Gasteiger partial charge is 0.255 e. The van der Waals surface area contributed by atoms with E-state index in [1.54, 1.807) is 16.0 Å². The highest BCUT2D eigenvalue weighted by atomic mass is 32.1. The summed E-state index contributed by atoms with van der Waals surface area (Å²) in [7, 11) is 0. The third kappa shape index (κ3) is 4.64. The highest BCUT2D eigenvalue weighted by Crippen LogP contribution is 2.27. The molecule has 7 heteroatoms. The van der Waals surface area contributed by atoms with Crippen LogP contribution in [0.2, 0.25) is 0 Å². The van der Waals surface area contributed by atoms with Crippen LogP contribution in [0.1, 0.15) is 31.1 Å². The summed E-state index contributed by atoms with van der Waals surface area (Å²) >= 11 is 1.59. The second-order valence-electron chi connectivity index (χ2n) is 7.92. The third-order valence-electron chi connectivity index (χ3n) is 5.36. The van der Waals surface area contributed by atoms with Crippen molar-refractivity contribution in [3.8, 4) is 16.3 Å². The molecule has 1 fully saturated rings. The molecule has 3 aromatic rings. The lowest BCUT2D eigenvalue weighted by atomic mass is 10.1. The minimum Gasteiger partial charge on any atom is -0.373 e. The van der Waals surface area contributed by atoms with Crippen molar-refractivity contribution in [2.45, 2.75) is 39.0 Å². The molecule has 0 aliphatic carbocycles. The van der Waals surface area contributed by atoms with Crippen LogP contribution in [0.3, 0.4) is 0 Å². The van der Waals surface area contributed by atoms with Crippen LogP contribution >= 0.6 is 11.3 Å². The van der Waals surface area contributed by atoms with Gasteiger partial charge >= 0.3 is 0 Å². The molecule has 4 rings (SSSR count). The lowest BCUT2D eigenvalue weighted by Gasteiger charge is -2.38. The Labute approximate surface area is 181 Å². The Morgan fingerprint density at radius 2 is 1.93 bits per heavy atom. The number of nitrogens with zero attached hydrogens (tertiary/aromatic N) is 3. The maximum absolute atomic E-state index is 13.1. The number of benzene rings is 1. The Kier molecular flexibility index (Phi) is 6.32. The molecule has 0 spiro atoms. The van der Waals surface area contributed by atoms with Gasteiger partial charge in [0, 0.05) is 31.9 Å². The molecule has 6 nitrogen and oxygen atoms in total. The van der Waals surface area contributed by atoms with E-state index in [-0.39, 0.29) is 24.2 Å². The van der Waals surface area contributed by atoms with Gasteiger partial charge < -0.3 is 10.1 Å². The van der Waals surface area contributed by atoms with Gasteiger partial charge in [0.15, 0.2) is 0 Å². The molecule has 1 amide bonds. The predicted molar refractivity (Wildman–Crippen MR) is 120 cm³/mol. The van der Waals surface area contributed by atoms with Crippen LogP contribution in [0.4, 0.5) is 0 Å². The number of hydrogen-bond acceptors (Lipinski definition) is 5. The molecule has 1 N–H and O–H groups in total. The molecule has 3 unspecified atom stereocenters. The second kappa shape index (κ2) is 9.12. The van der Waals surface area contributed by atoms with Gasteiger partial charge in [-0.2, -0.15) is 5.10 Å². The van der Waals surface area contributed by atoms with E-state index < -0.39 is 0 Å². The van der Waals surface area contributed by atoms with E-state index in [9.17, 15) is 4.79 Å². The van der Waals surface area contributed by atoms with Gasteiger partial charge in [0.25, 0.3) is 5.91 Å². The van der Waals surface area contributed by atoms with Crippen molar-refractivity contribution in [2.75, 3.05) is 19.6 Å². The summed E-state index contributed by atoms with van der Waals surface area (Å²) in [5.74, 6) is -0.0956. The third-order valence-corrected chi connectivity index (χ3v) is 6.24. The highest BCUT2D eigenvalue weighted by Gasteiger charge is 2.26. The van der Waals surface area contributed by atoms with Crippen LogP contribution < -0.4 is 5.32 Å². The van der Waals surface area contributed by atoms with Crippen molar-refractivity contribution in [3.63, 3.8) is 0 Å². The lowest BCUT2D eigenvalue weighted by Crippen LogP contribution is -2.52. The number of carbonyl (C=O) groups excluding carboxylic acids is 1. The first-order valence-electron chi connectivity index (χ1n) is 10.4. The standard InChI is InChI=1S/C23H28N4O2S/c1-16(26-13-17(2)29-18(3)14-26)12-24-23(28)20-15-27(19-8-5-4-6-9-19)25-22(20)21-10-7-11-30-21/h4-11,15-18H,12-14H2,1-3H3,(H,24,28). The number of para-hydroxylation sites is 1. The summed E-state index contributed by atoms with van der Waals surface area (Å²) in [6.45, 7) is 8.69. The average molecular weight is 425 g/mol. The molecule has 3 heterocycles. The molecule has 0 saturated carbocycles. The van der Waals surface area contributed by atoms with Crippen LogP contribution in [-0.2, 0) is 4.74 Å². The number of amides is 1. The van der Waals surface area contributed by atoms with Crippen molar-refractivity contribution >= 4 is 17.2 Å². The van der Waals surface area contributed by atoms with E-state index in [0.29, 0.717) is 17.8 Å². The van der Waals surface area contributed by atoms with Crippen molar-refractivity contribution in [1.29, 1.82) is 0 Å². The van der Waals surface area contributed by atoms with Crippen LogP contribution in [0.5, 0.6) is 0 Å². The van der Waals surface area contributed by atoms with E-state index in [1.165, 1.54) is 0 Å². The van der Waals surface area contributed by atoms with E-state index in [4.69, 9.17) is 9.84 Å². The fourth-order valence-electron chi connectivity index (χ4n) is 3.89. The minimum absolute atomic E-state index is 0.0956. The number of morpholine rings is 1. The monoisotopic (exact) mass is 424 g/mol. The zero-order chi connectivity index (χ0) is 21.1. The van der Waals surface area contributed by atoms with Crippen LogP contribution in [0.25, 0.3) is 16.3 Å². The molecule has 0 radical (unpaired) electrons. The summed E-state index contributed by atoms with van der Waals surface area (Å²) < 4.78 is 7.60. The maximum atomic E-state index is 13.1. The van der Waals surface area contributed by atoms with E-state index in [1.807, 2.05) is 54.0 Å². The van der Waals surface area contributed by atoms with E-state index >= 15 is 0 Å². The van der Waals surface area contributed by atoms with Gasteiger partial charge in [-0.25, -0.2) is 4.68 Å². The number of rotatable bonds is 6. The van der Waals surface area contributed by atoms with Gasteiger partial charge in [-0.1, -0.05) is 24.3 Å². The highest BCUT2D eigenvalue weighted by molar-refractivity contribution is 7.13. The first-order chi connectivity index (χ1) is 14.5. The first-order valence-corrected chi connectivity index (χ1v) is 11.3. The SMILES string of the molecule is CC1CN(C(C)CNC(=O)c2cn(-c3ccccc3)nc2-c2cccs2)CC(C)O1. The molecule has 3 atom stereocenters. The Hall–Kier alpha value is -2.48. The maximum Gasteiger partial charge on any atom is 0.255 e. The molecule has 2 aromatic heterocycles. The van der Waals surface area contributed by atoms with Gasteiger partial charge in [-0.05, 0) is 44.4 Å². The fourth-order valence-corrected chi connectivity index (χ4v) is 4.61. The molecule has 158 valence electrons. The summed E-state index contributed by atoms with van der Waals surface area (Å²) in [5.41, 5.74) is 2.24. The van der Waals surface area contributed by atoms with Crippen LogP contribution in [0, 0.1) is 0 Å². The number of nitrogens with one attached hydrogen (secondary N) is 1. The Morgan fingerprint density at radius 1 is 1.20 bits per heavy atom.